The number of amides is 1. The molecule has 2 aliphatic rings. The van der Waals surface area contributed by atoms with Crippen molar-refractivity contribution in [2.45, 2.75) is 51.6 Å². The minimum Gasteiger partial charge on any atom is -0.345 e. The van der Waals surface area contributed by atoms with Gasteiger partial charge in [0, 0.05) is 36.6 Å². The number of aromatic nitrogens is 1. The van der Waals surface area contributed by atoms with Crippen molar-refractivity contribution in [1.82, 2.24) is 9.47 Å². The van der Waals surface area contributed by atoms with Crippen molar-refractivity contribution >= 4 is 5.91 Å². The van der Waals surface area contributed by atoms with Crippen LogP contribution in [-0.2, 0) is 0 Å². The summed E-state index contributed by atoms with van der Waals surface area (Å²) in [6.45, 7) is 5.72. The Hall–Kier alpha value is -1.29. The molecule has 0 spiro atoms. The summed E-state index contributed by atoms with van der Waals surface area (Å²) in [7, 11) is 0. The lowest BCUT2D eigenvalue weighted by Gasteiger charge is -2.30. The normalized spacial score (nSPS) is 23.7. The molecule has 3 rings (SSSR count). The van der Waals surface area contributed by atoms with Gasteiger partial charge in [0.05, 0.1) is 5.56 Å². The van der Waals surface area contributed by atoms with Crippen molar-refractivity contribution in [1.29, 1.82) is 0 Å². The Labute approximate surface area is 114 Å². The van der Waals surface area contributed by atoms with E-state index < -0.39 is 0 Å². The average molecular weight is 261 g/mol. The first-order valence-corrected chi connectivity index (χ1v) is 7.31. The van der Waals surface area contributed by atoms with E-state index in [0.29, 0.717) is 12.6 Å². The number of rotatable bonds is 2. The smallest absolute Gasteiger partial charge is 0.255 e. The van der Waals surface area contributed by atoms with Gasteiger partial charge in [0.15, 0.2) is 0 Å². The molecule has 4 heteroatoms. The summed E-state index contributed by atoms with van der Waals surface area (Å²) in [5.41, 5.74) is 9.19. The molecule has 1 aliphatic heterocycles. The van der Waals surface area contributed by atoms with Crippen LogP contribution in [0, 0.1) is 13.8 Å². The van der Waals surface area contributed by atoms with Gasteiger partial charge in [-0.2, -0.15) is 0 Å². The van der Waals surface area contributed by atoms with Crippen molar-refractivity contribution in [3.05, 3.63) is 23.0 Å². The lowest BCUT2D eigenvalue weighted by atomic mass is 10.1. The molecule has 2 heterocycles. The van der Waals surface area contributed by atoms with Crippen molar-refractivity contribution in [3.8, 4) is 0 Å². The average Bonchev–Trinajstić information content (AvgIpc) is 3.15. The Morgan fingerprint density at radius 1 is 1.32 bits per heavy atom. The number of likely N-dealkylation sites (tertiary alicyclic amines) is 1. The number of nitrogens with two attached hydrogens (primary N) is 1. The predicted molar refractivity (Wildman–Crippen MR) is 75.3 cm³/mol. The number of nitrogens with zero attached hydrogens (tertiary/aromatic N) is 2. The van der Waals surface area contributed by atoms with Gasteiger partial charge in [0.2, 0.25) is 0 Å². The molecular formula is C15H23N3O. The highest BCUT2D eigenvalue weighted by Crippen LogP contribution is 2.38. The molecule has 1 unspecified atom stereocenters. The molecule has 1 aromatic heterocycles. The first-order valence-electron chi connectivity index (χ1n) is 7.31. The van der Waals surface area contributed by atoms with Gasteiger partial charge in [-0.25, -0.2) is 0 Å². The maximum atomic E-state index is 12.6. The largest absolute Gasteiger partial charge is 0.345 e. The summed E-state index contributed by atoms with van der Waals surface area (Å²) < 4.78 is 2.33. The summed E-state index contributed by atoms with van der Waals surface area (Å²) in [5.74, 6) is 0.162. The number of hydrogen-bond acceptors (Lipinski definition) is 2. The van der Waals surface area contributed by atoms with Crippen LogP contribution in [0.25, 0.3) is 0 Å². The maximum Gasteiger partial charge on any atom is 0.255 e. The second-order valence-corrected chi connectivity index (χ2v) is 6.04. The van der Waals surface area contributed by atoms with Crippen LogP contribution < -0.4 is 5.73 Å². The lowest BCUT2D eigenvalue weighted by Crippen LogP contribution is -2.45. The maximum absolute atomic E-state index is 12.6. The Kier molecular flexibility index (Phi) is 3.13. The van der Waals surface area contributed by atoms with E-state index in [1.165, 1.54) is 18.5 Å². The standard InChI is InChI=1S/C15H23N3O/c1-10-8-14(11(2)18(10)13-5-6-13)15(19)17-7-3-4-12(16)9-17/h8,12-13H,3-7,9,16H2,1-2H3. The van der Waals surface area contributed by atoms with E-state index in [4.69, 9.17) is 5.73 Å². The molecule has 19 heavy (non-hydrogen) atoms. The van der Waals surface area contributed by atoms with Crippen LogP contribution >= 0.6 is 0 Å². The fourth-order valence-corrected chi connectivity index (χ4v) is 3.25. The highest BCUT2D eigenvalue weighted by Gasteiger charge is 2.30. The van der Waals surface area contributed by atoms with E-state index in [0.717, 1.165) is 30.6 Å². The zero-order chi connectivity index (χ0) is 13.6. The van der Waals surface area contributed by atoms with Crippen molar-refractivity contribution in [3.63, 3.8) is 0 Å². The third-order valence-corrected chi connectivity index (χ3v) is 4.37. The monoisotopic (exact) mass is 261 g/mol. The zero-order valence-corrected chi connectivity index (χ0v) is 11.9. The summed E-state index contributed by atoms with van der Waals surface area (Å²) >= 11 is 0. The molecule has 0 bridgehead atoms. The van der Waals surface area contributed by atoms with Gasteiger partial charge in [0.25, 0.3) is 5.91 Å². The number of piperidine rings is 1. The van der Waals surface area contributed by atoms with E-state index in [9.17, 15) is 4.79 Å². The first-order chi connectivity index (χ1) is 9.08. The summed E-state index contributed by atoms with van der Waals surface area (Å²) in [6.07, 6.45) is 4.55. The van der Waals surface area contributed by atoms with E-state index in [1.54, 1.807) is 0 Å². The van der Waals surface area contributed by atoms with Gasteiger partial charge in [-0.05, 0) is 45.6 Å². The van der Waals surface area contributed by atoms with Gasteiger partial charge in [-0.15, -0.1) is 0 Å². The van der Waals surface area contributed by atoms with Crippen LogP contribution in [0.4, 0.5) is 0 Å². The molecular weight excluding hydrogens is 238 g/mol. The SMILES string of the molecule is Cc1cc(C(=O)N2CCCC(N)C2)c(C)n1C1CC1. The molecule has 0 aromatic carbocycles. The minimum atomic E-state index is 0.143. The van der Waals surface area contributed by atoms with Crippen LogP contribution in [0.15, 0.2) is 6.07 Å². The summed E-state index contributed by atoms with van der Waals surface area (Å²) in [6, 6.07) is 2.82. The van der Waals surface area contributed by atoms with E-state index in [-0.39, 0.29) is 11.9 Å². The molecule has 1 aromatic rings. The third-order valence-electron chi connectivity index (χ3n) is 4.37. The van der Waals surface area contributed by atoms with Gasteiger partial charge in [-0.1, -0.05) is 0 Å². The molecule has 1 aliphatic carbocycles. The first kappa shape index (κ1) is 12.7. The second-order valence-electron chi connectivity index (χ2n) is 6.04. The van der Waals surface area contributed by atoms with Crippen molar-refractivity contribution in [2.75, 3.05) is 13.1 Å². The molecule has 2 fully saturated rings. The molecule has 1 atom stereocenters. The zero-order valence-electron chi connectivity index (χ0n) is 11.9. The van der Waals surface area contributed by atoms with E-state index in [1.807, 2.05) is 4.90 Å². The summed E-state index contributed by atoms with van der Waals surface area (Å²) in [4.78, 5) is 14.6. The number of carbonyl (C=O) groups excluding carboxylic acids is 1. The van der Waals surface area contributed by atoms with Gasteiger partial charge >= 0.3 is 0 Å². The molecule has 1 saturated carbocycles. The number of carbonyl (C=O) groups is 1. The summed E-state index contributed by atoms with van der Waals surface area (Å²) in [5, 5.41) is 0. The minimum absolute atomic E-state index is 0.143. The molecule has 1 amide bonds. The second kappa shape index (κ2) is 4.67. The van der Waals surface area contributed by atoms with Crippen LogP contribution in [-0.4, -0.2) is 34.5 Å². The Bertz CT molecular complexity index is 502. The highest BCUT2D eigenvalue weighted by atomic mass is 16.2. The Balaban J connectivity index is 1.85. The molecule has 0 radical (unpaired) electrons. The quantitative estimate of drug-likeness (QED) is 0.885. The Morgan fingerprint density at radius 2 is 2.05 bits per heavy atom. The Morgan fingerprint density at radius 3 is 2.68 bits per heavy atom. The lowest BCUT2D eigenvalue weighted by molar-refractivity contribution is 0.0708. The van der Waals surface area contributed by atoms with E-state index >= 15 is 0 Å². The molecule has 2 N–H and O–H groups in total. The fraction of sp³-hybridized carbons (Fsp3) is 0.667. The van der Waals surface area contributed by atoms with Crippen LogP contribution in [0.1, 0.15) is 53.5 Å². The fourth-order valence-electron chi connectivity index (χ4n) is 3.25. The predicted octanol–water partition coefficient (Wildman–Crippen LogP) is 2.00. The third kappa shape index (κ3) is 2.29. The van der Waals surface area contributed by atoms with Crippen LogP contribution in [0.5, 0.6) is 0 Å². The topological polar surface area (TPSA) is 51.3 Å². The van der Waals surface area contributed by atoms with Crippen molar-refractivity contribution < 1.29 is 4.79 Å². The molecule has 1 saturated heterocycles. The molecule has 104 valence electrons. The van der Waals surface area contributed by atoms with E-state index in [2.05, 4.69) is 24.5 Å². The van der Waals surface area contributed by atoms with Gasteiger partial charge < -0.3 is 15.2 Å². The van der Waals surface area contributed by atoms with Gasteiger partial charge in [-0.3, -0.25) is 4.79 Å². The number of aryl methyl sites for hydroxylation is 1. The molecule has 4 nitrogen and oxygen atoms in total. The van der Waals surface area contributed by atoms with Gasteiger partial charge in [0.1, 0.15) is 0 Å². The van der Waals surface area contributed by atoms with Crippen LogP contribution in [0.3, 0.4) is 0 Å². The van der Waals surface area contributed by atoms with Crippen LogP contribution in [0.2, 0.25) is 0 Å². The number of hydrogen-bond donors (Lipinski definition) is 1. The van der Waals surface area contributed by atoms with Crippen molar-refractivity contribution in [2.24, 2.45) is 5.73 Å². The highest BCUT2D eigenvalue weighted by molar-refractivity contribution is 5.95.